The van der Waals surface area contributed by atoms with E-state index in [0.717, 1.165) is 4.31 Å². The summed E-state index contributed by atoms with van der Waals surface area (Å²) >= 11 is 5.61. The fourth-order valence-electron chi connectivity index (χ4n) is 1.05. The summed E-state index contributed by atoms with van der Waals surface area (Å²) in [7, 11) is -1.30. The molecule has 1 aromatic heterocycles. The summed E-state index contributed by atoms with van der Waals surface area (Å²) in [5, 5.41) is 0.116. The van der Waals surface area contributed by atoms with E-state index < -0.39 is 16.2 Å². The zero-order valence-corrected chi connectivity index (χ0v) is 11.9. The van der Waals surface area contributed by atoms with Gasteiger partial charge in [-0.15, -0.1) is 0 Å². The highest BCUT2D eigenvalue weighted by molar-refractivity contribution is 7.90. The minimum atomic E-state index is -3.84. The summed E-state index contributed by atoms with van der Waals surface area (Å²) in [6.07, 6.45) is 1.27. The van der Waals surface area contributed by atoms with E-state index in [1.165, 1.54) is 26.4 Å². The van der Waals surface area contributed by atoms with Crippen molar-refractivity contribution >= 4 is 33.7 Å². The zero-order chi connectivity index (χ0) is 14.5. The number of esters is 1. The number of rotatable bonds is 6. The van der Waals surface area contributed by atoms with Gasteiger partial charge in [0.15, 0.2) is 0 Å². The average molecular weight is 309 g/mol. The summed E-state index contributed by atoms with van der Waals surface area (Å²) in [5.41, 5.74) is 0. The topological polar surface area (TPSA) is 101 Å². The van der Waals surface area contributed by atoms with Crippen LogP contribution < -0.4 is 4.72 Å². The van der Waals surface area contributed by atoms with Crippen molar-refractivity contribution in [3.8, 4) is 0 Å². The van der Waals surface area contributed by atoms with Crippen LogP contribution in [-0.4, -0.2) is 49.4 Å². The molecule has 8 nitrogen and oxygen atoms in total. The highest BCUT2D eigenvalue weighted by Crippen LogP contribution is 2.09. The molecule has 0 aliphatic heterocycles. The molecule has 0 unspecified atom stereocenters. The number of aromatic nitrogens is 2. The lowest BCUT2D eigenvalue weighted by atomic mass is 10.4. The Hall–Kier alpha value is -1.45. The van der Waals surface area contributed by atoms with Crippen molar-refractivity contribution in [3.05, 3.63) is 17.4 Å². The van der Waals surface area contributed by atoms with E-state index in [0.29, 0.717) is 0 Å². The van der Waals surface area contributed by atoms with Crippen LogP contribution in [0.4, 0.5) is 5.95 Å². The molecule has 19 heavy (non-hydrogen) atoms. The molecule has 10 heteroatoms. The van der Waals surface area contributed by atoms with Gasteiger partial charge in [-0.1, -0.05) is 11.6 Å². The third kappa shape index (κ3) is 4.97. The standard InChI is InChI=1S/C9H13ClN4O4S/c1-14(6-4-8(15)18-2)19(16,17)13-9-11-5-3-7(10)12-9/h3,5H,4,6H2,1-2H3,(H,11,12,13). The Morgan fingerprint density at radius 3 is 2.84 bits per heavy atom. The van der Waals surface area contributed by atoms with Crippen LogP contribution in [0.1, 0.15) is 6.42 Å². The molecule has 0 saturated carbocycles. The van der Waals surface area contributed by atoms with Gasteiger partial charge in [-0.2, -0.15) is 12.7 Å². The first-order valence-corrected chi connectivity index (χ1v) is 6.96. The Balaban J connectivity index is 2.67. The monoisotopic (exact) mass is 308 g/mol. The Morgan fingerprint density at radius 2 is 2.26 bits per heavy atom. The van der Waals surface area contributed by atoms with E-state index in [9.17, 15) is 13.2 Å². The molecule has 1 aromatic rings. The molecule has 0 bridgehead atoms. The van der Waals surface area contributed by atoms with Crippen molar-refractivity contribution in [3.63, 3.8) is 0 Å². The summed E-state index contributed by atoms with van der Waals surface area (Å²) in [6.45, 7) is -0.0252. The summed E-state index contributed by atoms with van der Waals surface area (Å²) < 4.78 is 31.2. The zero-order valence-electron chi connectivity index (χ0n) is 10.3. The first-order chi connectivity index (χ1) is 8.85. The number of methoxy groups -OCH3 is 1. The minimum Gasteiger partial charge on any atom is -0.469 e. The number of carbonyl (C=O) groups excluding carboxylic acids is 1. The van der Waals surface area contributed by atoms with Crippen LogP contribution in [0.2, 0.25) is 5.15 Å². The third-order valence-corrected chi connectivity index (χ3v) is 3.76. The second-order valence-electron chi connectivity index (χ2n) is 3.46. The second-order valence-corrected chi connectivity index (χ2v) is 5.62. The SMILES string of the molecule is COC(=O)CCN(C)S(=O)(=O)Nc1nccc(Cl)n1. The Labute approximate surface area is 115 Å². The van der Waals surface area contributed by atoms with Gasteiger partial charge >= 0.3 is 16.2 Å². The van der Waals surface area contributed by atoms with E-state index in [1.807, 2.05) is 0 Å². The van der Waals surface area contributed by atoms with Crippen molar-refractivity contribution < 1.29 is 17.9 Å². The number of halogens is 1. The van der Waals surface area contributed by atoms with Crippen LogP contribution in [0.3, 0.4) is 0 Å². The van der Waals surface area contributed by atoms with E-state index in [2.05, 4.69) is 19.4 Å². The average Bonchev–Trinajstić information content (AvgIpc) is 2.34. The smallest absolute Gasteiger partial charge is 0.306 e. The molecule has 1 N–H and O–H groups in total. The lowest BCUT2D eigenvalue weighted by molar-refractivity contribution is -0.140. The molecule has 1 rings (SSSR count). The number of hydrogen-bond acceptors (Lipinski definition) is 6. The van der Waals surface area contributed by atoms with Gasteiger partial charge in [0.25, 0.3) is 0 Å². The van der Waals surface area contributed by atoms with Crippen LogP contribution in [0.5, 0.6) is 0 Å². The van der Waals surface area contributed by atoms with E-state index in [1.54, 1.807) is 0 Å². The minimum absolute atomic E-state index is 0.0252. The van der Waals surface area contributed by atoms with Crippen molar-refractivity contribution in [1.29, 1.82) is 0 Å². The summed E-state index contributed by atoms with van der Waals surface area (Å²) in [4.78, 5) is 18.4. The second kappa shape index (κ2) is 6.64. The molecule has 0 radical (unpaired) electrons. The Bertz CT molecular complexity index is 551. The summed E-state index contributed by atoms with van der Waals surface area (Å²) in [6, 6.07) is 1.42. The molecule has 0 aromatic carbocycles. The number of anilines is 1. The van der Waals surface area contributed by atoms with E-state index in [-0.39, 0.29) is 24.1 Å². The molecule has 0 spiro atoms. The largest absolute Gasteiger partial charge is 0.469 e. The normalized spacial score (nSPS) is 11.4. The molecule has 0 aliphatic carbocycles. The number of ether oxygens (including phenoxy) is 1. The lowest BCUT2D eigenvalue weighted by Gasteiger charge is -2.16. The van der Waals surface area contributed by atoms with Crippen molar-refractivity contribution in [1.82, 2.24) is 14.3 Å². The van der Waals surface area contributed by atoms with Crippen LogP contribution in [0.25, 0.3) is 0 Å². The highest BCUT2D eigenvalue weighted by atomic mass is 35.5. The quantitative estimate of drug-likeness (QED) is 0.598. The van der Waals surface area contributed by atoms with Gasteiger partial charge in [-0.25, -0.2) is 14.7 Å². The predicted octanol–water partition coefficient (Wildman–Crippen LogP) is 0.282. The van der Waals surface area contributed by atoms with Crippen LogP contribution >= 0.6 is 11.6 Å². The maximum atomic E-state index is 11.9. The summed E-state index contributed by atoms with van der Waals surface area (Å²) in [5.74, 6) is -0.640. The maximum absolute atomic E-state index is 11.9. The third-order valence-electron chi connectivity index (χ3n) is 2.11. The molecule has 0 fully saturated rings. The Kier molecular flexibility index (Phi) is 5.45. The van der Waals surface area contributed by atoms with Gasteiger partial charge in [0.2, 0.25) is 5.95 Å². The fourth-order valence-corrected chi connectivity index (χ4v) is 2.00. The first kappa shape index (κ1) is 15.6. The van der Waals surface area contributed by atoms with Gasteiger partial charge in [0.05, 0.1) is 13.5 Å². The van der Waals surface area contributed by atoms with Gasteiger partial charge in [-0.05, 0) is 6.07 Å². The van der Waals surface area contributed by atoms with E-state index >= 15 is 0 Å². The highest BCUT2D eigenvalue weighted by Gasteiger charge is 2.19. The van der Waals surface area contributed by atoms with Crippen LogP contribution in [0.15, 0.2) is 12.3 Å². The van der Waals surface area contributed by atoms with Crippen LogP contribution in [0, 0.1) is 0 Å². The molecular formula is C9H13ClN4O4S. The number of nitrogens with zero attached hydrogens (tertiary/aromatic N) is 3. The number of carbonyl (C=O) groups is 1. The van der Waals surface area contributed by atoms with Gasteiger partial charge < -0.3 is 4.74 Å². The number of nitrogens with one attached hydrogen (secondary N) is 1. The van der Waals surface area contributed by atoms with Crippen molar-refractivity contribution in [2.75, 3.05) is 25.4 Å². The number of hydrogen-bond donors (Lipinski definition) is 1. The van der Waals surface area contributed by atoms with Crippen molar-refractivity contribution in [2.45, 2.75) is 6.42 Å². The molecular weight excluding hydrogens is 296 g/mol. The predicted molar refractivity (Wildman–Crippen MR) is 68.8 cm³/mol. The Morgan fingerprint density at radius 1 is 1.58 bits per heavy atom. The lowest BCUT2D eigenvalue weighted by Crippen LogP contribution is -2.34. The molecule has 0 aliphatic rings. The maximum Gasteiger partial charge on any atom is 0.306 e. The first-order valence-electron chi connectivity index (χ1n) is 5.14. The van der Waals surface area contributed by atoms with Gasteiger partial charge in [-0.3, -0.25) is 4.79 Å². The van der Waals surface area contributed by atoms with E-state index in [4.69, 9.17) is 11.6 Å². The fraction of sp³-hybridized carbons (Fsp3) is 0.444. The molecule has 0 saturated heterocycles. The van der Waals surface area contributed by atoms with Gasteiger partial charge in [0, 0.05) is 19.8 Å². The van der Waals surface area contributed by atoms with Gasteiger partial charge in [0.1, 0.15) is 5.15 Å². The molecule has 0 amide bonds. The van der Waals surface area contributed by atoms with Crippen molar-refractivity contribution in [2.24, 2.45) is 0 Å². The molecule has 106 valence electrons. The molecule has 1 heterocycles. The molecule has 0 atom stereocenters. The van der Waals surface area contributed by atoms with Crippen LogP contribution in [-0.2, 0) is 19.7 Å².